The fraction of sp³-hybridized carbons (Fsp3) is 0.227. The lowest BCUT2D eigenvalue weighted by atomic mass is 10.1. The number of carbonyl (C=O) groups is 1. The summed E-state index contributed by atoms with van der Waals surface area (Å²) in [7, 11) is -10.6. The highest BCUT2D eigenvalue weighted by Gasteiger charge is 2.48. The number of aliphatic hydroxyl groups is 1. The van der Waals surface area contributed by atoms with Gasteiger partial charge in [-0.05, 0) is 12.1 Å². The molecular weight excluding hydrogens is 562 g/mol. The van der Waals surface area contributed by atoms with Gasteiger partial charge in [-0.15, -0.1) is 0 Å². The molecule has 1 aliphatic rings. The smallest absolute Gasteiger partial charge is 0.514 e. The van der Waals surface area contributed by atoms with Gasteiger partial charge in [-0.2, -0.15) is 0 Å². The lowest BCUT2D eigenvalue weighted by Crippen LogP contribution is -2.41. The summed E-state index contributed by atoms with van der Waals surface area (Å²) in [5.74, 6) is 0.0958. The zero-order chi connectivity index (χ0) is 28.2. The van der Waals surface area contributed by atoms with Crippen LogP contribution in [0, 0.1) is 0 Å². The maximum absolute atomic E-state index is 12.4. The molecule has 208 valence electrons. The molecule has 4 rings (SSSR count). The average molecular weight is 582 g/mol. The molecule has 2 N–H and O–H groups in total. The summed E-state index contributed by atoms with van der Waals surface area (Å²) in [5, 5.41) is 10.3. The van der Waals surface area contributed by atoms with E-state index in [9.17, 15) is 38.4 Å². The molecule has 2 aromatic carbocycles. The van der Waals surface area contributed by atoms with Gasteiger partial charge in [-0.1, -0.05) is 48.5 Å². The Labute approximate surface area is 219 Å². The summed E-state index contributed by atoms with van der Waals surface area (Å²) in [6.45, 7) is -1.00. The highest BCUT2D eigenvalue weighted by atomic mass is 31.3. The zero-order valence-corrected chi connectivity index (χ0v) is 21.4. The second-order valence-corrected chi connectivity index (χ2v) is 11.3. The molecule has 2 heterocycles. The van der Waals surface area contributed by atoms with Crippen molar-refractivity contribution in [3.8, 4) is 5.75 Å². The first-order valence-electron chi connectivity index (χ1n) is 11.1. The molecule has 0 spiro atoms. The van der Waals surface area contributed by atoms with Crippen LogP contribution in [0.3, 0.4) is 0 Å². The van der Waals surface area contributed by atoms with Gasteiger partial charge in [0.15, 0.2) is 19.9 Å². The van der Waals surface area contributed by atoms with E-state index >= 15 is 0 Å². The number of ether oxygens (including phenoxy) is 3. The van der Waals surface area contributed by atoms with Crippen LogP contribution in [0.4, 0.5) is 4.79 Å². The Morgan fingerprint density at radius 1 is 1.03 bits per heavy atom. The fourth-order valence-electron chi connectivity index (χ4n) is 3.53. The maximum atomic E-state index is 12.4. The highest BCUT2D eigenvalue weighted by Crippen LogP contribution is 2.54. The molecule has 0 aliphatic carbocycles. The largest absolute Gasteiger partial charge is 0.775 e. The minimum Gasteiger partial charge on any atom is -0.775 e. The van der Waals surface area contributed by atoms with Gasteiger partial charge >= 0.3 is 11.8 Å². The van der Waals surface area contributed by atoms with E-state index in [1.54, 1.807) is 18.2 Å². The first kappa shape index (κ1) is 28.6. The Morgan fingerprint density at radius 2 is 1.67 bits per heavy atom. The molecule has 0 bridgehead atoms. The average Bonchev–Trinajstić information content (AvgIpc) is 3.18. The molecule has 1 saturated heterocycles. The van der Waals surface area contributed by atoms with E-state index in [2.05, 4.69) is 8.83 Å². The van der Waals surface area contributed by atoms with Crippen molar-refractivity contribution in [2.75, 3.05) is 6.61 Å². The number of nitrogens with zero attached hydrogens (tertiary/aromatic N) is 1. The number of rotatable bonds is 9. The van der Waals surface area contributed by atoms with Crippen LogP contribution in [0.15, 0.2) is 82.5 Å². The fourth-order valence-corrected chi connectivity index (χ4v) is 6.02. The summed E-state index contributed by atoms with van der Waals surface area (Å²) in [6.07, 6.45) is -6.95. The molecule has 15 nitrogen and oxygen atoms in total. The van der Waals surface area contributed by atoms with Crippen molar-refractivity contribution in [3.63, 3.8) is 0 Å². The summed E-state index contributed by atoms with van der Waals surface area (Å²) >= 11 is 0. The lowest BCUT2D eigenvalue weighted by molar-refractivity contribution is -0.232. The van der Waals surface area contributed by atoms with Crippen molar-refractivity contribution in [3.05, 3.63) is 93.8 Å². The number of para-hydroxylation sites is 1. The number of phosphoric ester groups is 1. The molecule has 1 aliphatic heterocycles. The molecule has 0 radical (unpaired) electrons. The van der Waals surface area contributed by atoms with Crippen LogP contribution in [0.2, 0.25) is 0 Å². The first-order chi connectivity index (χ1) is 18.4. The number of H-pyrrole nitrogens is 1. The minimum absolute atomic E-state index is 0.0958. The molecule has 3 unspecified atom stereocenters. The van der Waals surface area contributed by atoms with E-state index in [0.29, 0.717) is 0 Å². The zero-order valence-electron chi connectivity index (χ0n) is 19.6. The Bertz CT molecular complexity index is 1510. The van der Waals surface area contributed by atoms with E-state index < -0.39 is 69.3 Å². The standard InChI is InChI=1S/C22H22N2O13P2/c25-17-11-12-24(21(27)23-17)20-19(36-22(28)34-14-7-3-1-4-8-14)18(26)16(35-20)13-33-39(31,32)37-38(29,30)15-9-5-2-6-10-15/h1-12,16,18-20,26H,13H2,(H,29,30)(H,31,32)(H,23,25,27)/p-2/t16-,18?,19+,20-/m1/s1. The van der Waals surface area contributed by atoms with E-state index in [1.807, 2.05) is 4.98 Å². The number of aliphatic hydroxyl groups excluding tert-OH is 1. The summed E-state index contributed by atoms with van der Waals surface area (Å²) < 4.78 is 49.9. The third-order valence-corrected chi connectivity index (χ3v) is 8.35. The SMILES string of the molecule is O=C(Oc1ccccc1)O[C@H]1C(O)[C@@H](COP(=O)([O-])OP(=O)([O-])c2ccccc2)O[C@H]1n1ccc(=O)[nH]c1=O. The minimum atomic E-state index is -5.52. The molecule has 3 aromatic rings. The van der Waals surface area contributed by atoms with Gasteiger partial charge in [0.2, 0.25) is 0 Å². The summed E-state index contributed by atoms with van der Waals surface area (Å²) in [6, 6.07) is 15.1. The van der Waals surface area contributed by atoms with E-state index in [1.165, 1.54) is 30.3 Å². The number of nitrogens with one attached hydrogen (secondary N) is 1. The maximum Gasteiger partial charge on any atom is 0.514 e. The van der Waals surface area contributed by atoms with Gasteiger partial charge in [0.1, 0.15) is 18.0 Å². The Balaban J connectivity index is 1.50. The van der Waals surface area contributed by atoms with Crippen molar-refractivity contribution in [1.82, 2.24) is 9.55 Å². The van der Waals surface area contributed by atoms with Gasteiger partial charge in [-0.3, -0.25) is 23.2 Å². The predicted octanol–water partition coefficient (Wildman–Crippen LogP) is -0.240. The molecule has 17 heteroatoms. The van der Waals surface area contributed by atoms with Gasteiger partial charge in [0.05, 0.1) is 6.61 Å². The number of phosphoric acid groups is 1. The molecule has 0 saturated carbocycles. The van der Waals surface area contributed by atoms with E-state index in [0.717, 1.165) is 29.0 Å². The first-order valence-corrected chi connectivity index (χ1v) is 14.1. The van der Waals surface area contributed by atoms with Crippen LogP contribution in [0.25, 0.3) is 0 Å². The van der Waals surface area contributed by atoms with Crippen LogP contribution >= 0.6 is 15.4 Å². The summed E-state index contributed by atoms with van der Waals surface area (Å²) in [4.78, 5) is 62.7. The Morgan fingerprint density at radius 3 is 2.31 bits per heavy atom. The van der Waals surface area contributed by atoms with Gasteiger partial charge in [-0.25, -0.2) is 9.59 Å². The van der Waals surface area contributed by atoms with E-state index in [-0.39, 0.29) is 5.75 Å². The number of hydrogen-bond acceptors (Lipinski definition) is 13. The number of carbonyl (C=O) groups excluding carboxylic acids is 1. The molecule has 0 amide bonds. The lowest BCUT2D eigenvalue weighted by Gasteiger charge is -2.32. The molecular formula is C22H20N2O13P2-2. The second kappa shape index (κ2) is 11.8. The monoisotopic (exact) mass is 582 g/mol. The third kappa shape index (κ3) is 7.18. The Hall–Kier alpha value is -3.39. The quantitative estimate of drug-likeness (QED) is 0.189. The highest BCUT2D eigenvalue weighted by molar-refractivity contribution is 7.67. The van der Waals surface area contributed by atoms with Gasteiger partial charge < -0.3 is 38.2 Å². The van der Waals surface area contributed by atoms with Crippen LogP contribution in [-0.4, -0.2) is 45.7 Å². The number of aromatic nitrogens is 2. The number of hydrogen-bond donors (Lipinski definition) is 2. The molecule has 6 atom stereocenters. The van der Waals surface area contributed by atoms with Crippen molar-refractivity contribution in [2.45, 2.75) is 24.5 Å². The topological polar surface area (TPSA) is 219 Å². The van der Waals surface area contributed by atoms with Crippen LogP contribution in [0.5, 0.6) is 5.75 Å². The number of benzene rings is 2. The molecule has 1 aromatic heterocycles. The molecule has 1 fully saturated rings. The van der Waals surface area contributed by atoms with E-state index in [4.69, 9.17) is 14.2 Å². The van der Waals surface area contributed by atoms with Crippen molar-refractivity contribution in [2.24, 2.45) is 0 Å². The van der Waals surface area contributed by atoms with Crippen molar-refractivity contribution >= 4 is 26.9 Å². The van der Waals surface area contributed by atoms with Crippen molar-refractivity contribution < 1.29 is 51.9 Å². The van der Waals surface area contributed by atoms with Crippen LogP contribution in [-0.2, 0) is 27.4 Å². The normalized spacial score (nSPS) is 23.9. The number of aromatic amines is 1. The third-order valence-electron chi connectivity index (χ3n) is 5.29. The second-order valence-electron chi connectivity index (χ2n) is 7.98. The van der Waals surface area contributed by atoms with Crippen LogP contribution in [0.1, 0.15) is 6.23 Å². The van der Waals surface area contributed by atoms with Crippen LogP contribution < -0.4 is 31.1 Å². The molecule has 39 heavy (non-hydrogen) atoms. The predicted molar refractivity (Wildman–Crippen MR) is 127 cm³/mol. The van der Waals surface area contributed by atoms with Gasteiger partial charge in [0, 0.05) is 17.6 Å². The summed E-state index contributed by atoms with van der Waals surface area (Å²) in [5.41, 5.74) is -1.75. The van der Waals surface area contributed by atoms with Crippen molar-refractivity contribution in [1.29, 1.82) is 0 Å². The van der Waals surface area contributed by atoms with Gasteiger partial charge in [0.25, 0.3) is 13.4 Å². The Kier molecular flexibility index (Phi) is 8.64.